The summed E-state index contributed by atoms with van der Waals surface area (Å²) in [4.78, 5) is 34.2. The third kappa shape index (κ3) is 4.03. The number of pyridine rings is 1. The number of aromatic nitrogens is 3. The molecule has 6 nitrogen and oxygen atoms in total. The summed E-state index contributed by atoms with van der Waals surface area (Å²) in [5, 5.41) is 2.64. The molecule has 2 aromatic heterocycles. The third-order valence-corrected chi connectivity index (χ3v) is 4.44. The summed E-state index contributed by atoms with van der Waals surface area (Å²) in [6.45, 7) is 0.349. The maximum Gasteiger partial charge on any atom is 0.284 e. The van der Waals surface area contributed by atoms with Crippen LogP contribution in [-0.4, -0.2) is 20.4 Å². The van der Waals surface area contributed by atoms with E-state index in [1.165, 1.54) is 16.7 Å². The van der Waals surface area contributed by atoms with Gasteiger partial charge in [-0.2, -0.15) is 0 Å². The van der Waals surface area contributed by atoms with Crippen molar-refractivity contribution in [2.45, 2.75) is 13.1 Å². The van der Waals surface area contributed by atoms with Gasteiger partial charge in [-0.3, -0.25) is 14.2 Å². The minimum atomic E-state index is -0.619. The molecule has 0 saturated carbocycles. The molecule has 29 heavy (non-hydrogen) atoms. The fraction of sp³-hybridized carbons (Fsp3) is 0.0909. The van der Waals surface area contributed by atoms with Crippen LogP contribution in [0.2, 0.25) is 0 Å². The maximum atomic E-state index is 13.3. The van der Waals surface area contributed by atoms with E-state index in [4.69, 9.17) is 0 Å². The number of rotatable bonds is 5. The first kappa shape index (κ1) is 18.5. The molecular weight excluding hydrogens is 371 g/mol. The molecule has 0 radical (unpaired) electrons. The standard InChI is InChI=1S/C22H17FN4O2/c23-17-9-4-8-16(12-17)13-25-21(28)19-22(29)27(14-15-6-2-1-3-7-15)20-18(26-19)10-5-11-24-20/h1-12H,13-14H2,(H,25,28). The molecule has 7 heteroatoms. The Kier molecular flexibility index (Phi) is 5.11. The number of fused-ring (bicyclic) bond motifs is 1. The van der Waals surface area contributed by atoms with Crippen LogP contribution >= 0.6 is 0 Å². The minimum Gasteiger partial charge on any atom is -0.346 e. The fourth-order valence-electron chi connectivity index (χ4n) is 3.05. The predicted octanol–water partition coefficient (Wildman–Crippen LogP) is 2.91. The Morgan fingerprint density at radius 1 is 1.00 bits per heavy atom. The van der Waals surface area contributed by atoms with E-state index < -0.39 is 17.3 Å². The van der Waals surface area contributed by atoms with Crippen LogP contribution in [0.1, 0.15) is 21.6 Å². The lowest BCUT2D eigenvalue weighted by Gasteiger charge is -2.12. The number of carbonyl (C=O) groups is 1. The van der Waals surface area contributed by atoms with Gasteiger partial charge in [-0.15, -0.1) is 0 Å². The smallest absolute Gasteiger partial charge is 0.284 e. The second-order valence-corrected chi connectivity index (χ2v) is 6.50. The Morgan fingerprint density at radius 2 is 1.79 bits per heavy atom. The van der Waals surface area contributed by atoms with Gasteiger partial charge in [-0.05, 0) is 35.4 Å². The molecule has 2 aromatic carbocycles. The first-order valence-corrected chi connectivity index (χ1v) is 9.04. The molecule has 1 N–H and O–H groups in total. The summed E-state index contributed by atoms with van der Waals surface area (Å²) in [5.41, 5.74) is 1.58. The molecule has 4 aromatic rings. The van der Waals surface area contributed by atoms with Crippen LogP contribution in [0.25, 0.3) is 11.2 Å². The number of nitrogens with one attached hydrogen (secondary N) is 1. The van der Waals surface area contributed by atoms with E-state index >= 15 is 0 Å². The topological polar surface area (TPSA) is 76.9 Å². The van der Waals surface area contributed by atoms with Gasteiger partial charge in [0, 0.05) is 12.7 Å². The first-order chi connectivity index (χ1) is 14.1. The van der Waals surface area contributed by atoms with E-state index in [2.05, 4.69) is 15.3 Å². The van der Waals surface area contributed by atoms with Crippen LogP contribution in [0, 0.1) is 5.82 Å². The molecule has 4 rings (SSSR count). The fourth-order valence-corrected chi connectivity index (χ4v) is 3.05. The van der Waals surface area contributed by atoms with Crippen LogP contribution in [0.3, 0.4) is 0 Å². The number of nitrogens with zero attached hydrogens (tertiary/aromatic N) is 3. The average Bonchev–Trinajstić information content (AvgIpc) is 2.74. The molecule has 0 aliphatic carbocycles. The minimum absolute atomic E-state index is 0.0848. The van der Waals surface area contributed by atoms with Crippen LogP contribution in [0.5, 0.6) is 0 Å². The molecule has 0 spiro atoms. The normalized spacial score (nSPS) is 10.8. The summed E-state index contributed by atoms with van der Waals surface area (Å²) in [6, 6.07) is 18.7. The van der Waals surface area contributed by atoms with Crippen molar-refractivity contribution in [3.8, 4) is 0 Å². The lowest BCUT2D eigenvalue weighted by atomic mass is 10.2. The molecule has 0 aliphatic rings. The van der Waals surface area contributed by atoms with Gasteiger partial charge in [0.1, 0.15) is 11.3 Å². The van der Waals surface area contributed by atoms with Gasteiger partial charge in [-0.25, -0.2) is 14.4 Å². The zero-order valence-electron chi connectivity index (χ0n) is 15.4. The highest BCUT2D eigenvalue weighted by molar-refractivity contribution is 5.93. The van der Waals surface area contributed by atoms with Crippen molar-refractivity contribution in [3.63, 3.8) is 0 Å². The molecule has 144 valence electrons. The Bertz CT molecular complexity index is 1240. The van der Waals surface area contributed by atoms with E-state index in [0.717, 1.165) is 5.56 Å². The van der Waals surface area contributed by atoms with Gasteiger partial charge in [0.05, 0.1) is 6.54 Å². The van der Waals surface area contributed by atoms with Crippen LogP contribution < -0.4 is 10.9 Å². The number of carbonyl (C=O) groups excluding carboxylic acids is 1. The summed E-state index contributed by atoms with van der Waals surface area (Å²) < 4.78 is 14.8. The SMILES string of the molecule is O=C(NCc1cccc(F)c1)c1nc2cccnc2n(Cc2ccccc2)c1=O. The first-order valence-electron chi connectivity index (χ1n) is 9.04. The van der Waals surface area contributed by atoms with Gasteiger partial charge in [0.15, 0.2) is 11.3 Å². The van der Waals surface area contributed by atoms with E-state index in [1.807, 2.05) is 30.3 Å². The van der Waals surface area contributed by atoms with E-state index in [0.29, 0.717) is 16.7 Å². The van der Waals surface area contributed by atoms with E-state index in [1.54, 1.807) is 30.5 Å². The number of hydrogen-bond donors (Lipinski definition) is 1. The average molecular weight is 388 g/mol. The zero-order valence-corrected chi connectivity index (χ0v) is 15.4. The number of benzene rings is 2. The van der Waals surface area contributed by atoms with Gasteiger partial charge < -0.3 is 5.32 Å². The molecule has 0 unspecified atom stereocenters. The van der Waals surface area contributed by atoms with Crippen LogP contribution in [0.4, 0.5) is 4.39 Å². The summed E-state index contributed by atoms with van der Waals surface area (Å²) >= 11 is 0. The number of amides is 1. The van der Waals surface area contributed by atoms with E-state index in [9.17, 15) is 14.0 Å². The third-order valence-electron chi connectivity index (χ3n) is 4.44. The lowest BCUT2D eigenvalue weighted by molar-refractivity contribution is 0.0944. The molecule has 0 bridgehead atoms. The molecule has 0 atom stereocenters. The quantitative estimate of drug-likeness (QED) is 0.570. The molecular formula is C22H17FN4O2. The van der Waals surface area contributed by atoms with Crippen molar-refractivity contribution in [3.05, 3.63) is 106 Å². The van der Waals surface area contributed by atoms with Gasteiger partial charge in [0.2, 0.25) is 0 Å². The van der Waals surface area contributed by atoms with Crippen LogP contribution in [0.15, 0.2) is 77.7 Å². The van der Waals surface area contributed by atoms with Crippen molar-refractivity contribution in [1.82, 2.24) is 19.9 Å². The van der Waals surface area contributed by atoms with Crippen LogP contribution in [-0.2, 0) is 13.1 Å². The van der Waals surface area contributed by atoms with E-state index in [-0.39, 0.29) is 18.8 Å². The molecule has 1 amide bonds. The number of halogens is 1. The highest BCUT2D eigenvalue weighted by Gasteiger charge is 2.18. The summed E-state index contributed by atoms with van der Waals surface area (Å²) in [5.74, 6) is -1.01. The van der Waals surface area contributed by atoms with Gasteiger partial charge in [0.25, 0.3) is 11.5 Å². The van der Waals surface area contributed by atoms with Crippen molar-refractivity contribution >= 4 is 17.1 Å². The largest absolute Gasteiger partial charge is 0.346 e. The van der Waals surface area contributed by atoms with Crippen molar-refractivity contribution in [2.75, 3.05) is 0 Å². The second-order valence-electron chi connectivity index (χ2n) is 6.50. The van der Waals surface area contributed by atoms with Gasteiger partial charge in [-0.1, -0.05) is 42.5 Å². The predicted molar refractivity (Wildman–Crippen MR) is 107 cm³/mol. The Balaban J connectivity index is 1.69. The molecule has 0 aliphatic heterocycles. The number of hydrogen-bond acceptors (Lipinski definition) is 4. The Hall–Kier alpha value is -3.87. The summed E-state index contributed by atoms with van der Waals surface area (Å²) in [7, 11) is 0. The molecule has 0 saturated heterocycles. The highest BCUT2D eigenvalue weighted by atomic mass is 19.1. The lowest BCUT2D eigenvalue weighted by Crippen LogP contribution is -2.35. The summed E-state index contributed by atoms with van der Waals surface area (Å²) in [6.07, 6.45) is 1.58. The zero-order chi connectivity index (χ0) is 20.2. The van der Waals surface area contributed by atoms with Crippen molar-refractivity contribution in [1.29, 1.82) is 0 Å². The highest BCUT2D eigenvalue weighted by Crippen LogP contribution is 2.10. The monoisotopic (exact) mass is 388 g/mol. The van der Waals surface area contributed by atoms with Gasteiger partial charge >= 0.3 is 0 Å². The van der Waals surface area contributed by atoms with Crippen molar-refractivity contribution < 1.29 is 9.18 Å². The Labute approximate surface area is 165 Å². The maximum absolute atomic E-state index is 13.3. The van der Waals surface area contributed by atoms with Crippen molar-refractivity contribution in [2.24, 2.45) is 0 Å². The Morgan fingerprint density at radius 3 is 2.59 bits per heavy atom. The molecule has 2 heterocycles. The second kappa shape index (κ2) is 8.02. The molecule has 0 fully saturated rings.